The zero-order valence-corrected chi connectivity index (χ0v) is 13.6. The van der Waals surface area contributed by atoms with Crippen LogP contribution in [0.4, 0.5) is 5.69 Å². The summed E-state index contributed by atoms with van der Waals surface area (Å²) in [5.41, 5.74) is 4.48. The summed E-state index contributed by atoms with van der Waals surface area (Å²) in [6.45, 7) is 0.163. The first kappa shape index (κ1) is 15.9. The van der Waals surface area contributed by atoms with E-state index in [2.05, 4.69) is 10.5 Å². The summed E-state index contributed by atoms with van der Waals surface area (Å²) in [5.74, 6) is 0.865. The van der Waals surface area contributed by atoms with Gasteiger partial charge in [0.05, 0.1) is 6.21 Å². The van der Waals surface area contributed by atoms with Gasteiger partial charge in [-0.05, 0) is 29.8 Å². The summed E-state index contributed by atoms with van der Waals surface area (Å²) >= 11 is 0. The lowest BCUT2D eigenvalue weighted by atomic mass is 10.2. The molecule has 0 aliphatic carbocycles. The summed E-state index contributed by atoms with van der Waals surface area (Å²) in [7, 11) is 3.96. The van der Waals surface area contributed by atoms with Gasteiger partial charge in [-0.1, -0.05) is 24.3 Å². The molecule has 6 nitrogen and oxygen atoms in total. The highest BCUT2D eigenvalue weighted by Gasteiger charge is 2.26. The lowest BCUT2D eigenvalue weighted by Crippen LogP contribution is -2.42. The summed E-state index contributed by atoms with van der Waals surface area (Å²) in [6.07, 6.45) is 0.878. The number of hydrogen-bond donors (Lipinski definition) is 1. The van der Waals surface area contributed by atoms with Gasteiger partial charge < -0.3 is 14.4 Å². The van der Waals surface area contributed by atoms with E-state index in [1.54, 1.807) is 18.3 Å². The molecule has 0 fully saturated rings. The Morgan fingerprint density at radius 1 is 1.17 bits per heavy atom. The summed E-state index contributed by atoms with van der Waals surface area (Å²) in [5, 5.41) is 3.97. The van der Waals surface area contributed by atoms with Crippen molar-refractivity contribution in [2.75, 3.05) is 25.6 Å². The van der Waals surface area contributed by atoms with E-state index in [-0.39, 0.29) is 12.5 Å². The second-order valence-electron chi connectivity index (χ2n) is 5.58. The van der Waals surface area contributed by atoms with Gasteiger partial charge in [-0.3, -0.25) is 4.79 Å². The number of amides is 1. The molecule has 0 unspecified atom stereocenters. The van der Waals surface area contributed by atoms with Crippen molar-refractivity contribution in [2.24, 2.45) is 5.10 Å². The molecule has 1 amide bonds. The molecule has 1 heterocycles. The quantitative estimate of drug-likeness (QED) is 0.690. The maximum atomic E-state index is 12.1. The molecule has 0 spiro atoms. The summed E-state index contributed by atoms with van der Waals surface area (Å²) in [6, 6.07) is 15.1. The van der Waals surface area contributed by atoms with Crippen LogP contribution < -0.4 is 19.8 Å². The Morgan fingerprint density at radius 2 is 1.88 bits per heavy atom. The normalized spacial score (nSPS) is 16.0. The average molecular weight is 325 g/mol. The smallest absolute Gasteiger partial charge is 0.284 e. The second kappa shape index (κ2) is 7.04. The lowest BCUT2D eigenvalue weighted by molar-refractivity contribution is -0.130. The van der Waals surface area contributed by atoms with E-state index in [9.17, 15) is 4.79 Å². The van der Waals surface area contributed by atoms with E-state index in [0.29, 0.717) is 11.5 Å². The SMILES string of the molecule is CN(C)c1ccc(/C=N\NC(=O)[C@@H]2COc3ccccc3O2)cc1. The van der Waals surface area contributed by atoms with Gasteiger partial charge in [0.1, 0.15) is 6.61 Å². The van der Waals surface area contributed by atoms with Crippen LogP contribution in [0.15, 0.2) is 53.6 Å². The molecule has 1 atom stereocenters. The number of rotatable bonds is 4. The van der Waals surface area contributed by atoms with Crippen LogP contribution in [0.5, 0.6) is 11.5 Å². The highest BCUT2D eigenvalue weighted by molar-refractivity contribution is 5.85. The monoisotopic (exact) mass is 325 g/mol. The summed E-state index contributed by atoms with van der Waals surface area (Å²) in [4.78, 5) is 14.1. The fourth-order valence-corrected chi connectivity index (χ4v) is 2.25. The molecule has 3 rings (SSSR count). The van der Waals surface area contributed by atoms with Crippen LogP contribution in [0.1, 0.15) is 5.56 Å². The third-order valence-corrected chi connectivity index (χ3v) is 3.60. The molecular weight excluding hydrogens is 306 g/mol. The van der Waals surface area contributed by atoms with Gasteiger partial charge >= 0.3 is 0 Å². The number of carbonyl (C=O) groups is 1. The lowest BCUT2D eigenvalue weighted by Gasteiger charge is -2.24. The maximum Gasteiger partial charge on any atom is 0.284 e. The van der Waals surface area contributed by atoms with Crippen LogP contribution in [-0.4, -0.2) is 38.9 Å². The van der Waals surface area contributed by atoms with Crippen molar-refractivity contribution < 1.29 is 14.3 Å². The number of anilines is 1. The molecule has 24 heavy (non-hydrogen) atoms. The molecular formula is C18H19N3O3. The molecule has 0 saturated heterocycles. The van der Waals surface area contributed by atoms with Crippen molar-refractivity contribution in [1.29, 1.82) is 0 Å². The van der Waals surface area contributed by atoms with Gasteiger partial charge in [0.25, 0.3) is 5.91 Å². The highest BCUT2D eigenvalue weighted by Crippen LogP contribution is 2.30. The topological polar surface area (TPSA) is 63.2 Å². The molecule has 2 aromatic carbocycles. The Kier molecular flexibility index (Phi) is 4.65. The predicted molar refractivity (Wildman–Crippen MR) is 92.9 cm³/mol. The van der Waals surface area contributed by atoms with Crippen molar-refractivity contribution in [3.05, 3.63) is 54.1 Å². The van der Waals surface area contributed by atoms with Gasteiger partial charge in [-0.15, -0.1) is 0 Å². The first-order valence-electron chi connectivity index (χ1n) is 7.62. The number of ether oxygens (including phenoxy) is 2. The predicted octanol–water partition coefficient (Wildman–Crippen LogP) is 2.04. The number of carbonyl (C=O) groups excluding carboxylic acids is 1. The Bertz CT molecular complexity index is 741. The fourth-order valence-electron chi connectivity index (χ4n) is 2.25. The number of hydrazone groups is 1. The zero-order chi connectivity index (χ0) is 16.9. The van der Waals surface area contributed by atoms with Crippen LogP contribution in [-0.2, 0) is 4.79 Å². The van der Waals surface area contributed by atoms with E-state index in [1.165, 1.54) is 0 Å². The third-order valence-electron chi connectivity index (χ3n) is 3.60. The van der Waals surface area contributed by atoms with Crippen LogP contribution in [0.2, 0.25) is 0 Å². The Balaban J connectivity index is 1.56. The maximum absolute atomic E-state index is 12.1. The number of hydrogen-bond acceptors (Lipinski definition) is 5. The average Bonchev–Trinajstić information content (AvgIpc) is 2.61. The fraction of sp³-hybridized carbons (Fsp3) is 0.222. The van der Waals surface area contributed by atoms with Gasteiger partial charge in [-0.2, -0.15) is 5.10 Å². The number of nitrogens with zero attached hydrogens (tertiary/aromatic N) is 2. The van der Waals surface area contributed by atoms with E-state index in [0.717, 1.165) is 11.3 Å². The van der Waals surface area contributed by atoms with Crippen molar-refractivity contribution in [1.82, 2.24) is 5.43 Å². The van der Waals surface area contributed by atoms with Crippen molar-refractivity contribution in [2.45, 2.75) is 6.10 Å². The highest BCUT2D eigenvalue weighted by atomic mass is 16.6. The van der Waals surface area contributed by atoms with Gasteiger partial charge in [0.2, 0.25) is 6.10 Å². The van der Waals surface area contributed by atoms with E-state index in [1.807, 2.05) is 55.4 Å². The zero-order valence-electron chi connectivity index (χ0n) is 13.6. The van der Waals surface area contributed by atoms with Crippen LogP contribution in [0, 0.1) is 0 Å². The molecule has 0 bridgehead atoms. The first-order chi connectivity index (χ1) is 11.6. The molecule has 1 aliphatic heterocycles. The molecule has 124 valence electrons. The summed E-state index contributed by atoms with van der Waals surface area (Å²) < 4.78 is 11.1. The van der Waals surface area contributed by atoms with Gasteiger partial charge in [0.15, 0.2) is 11.5 Å². The second-order valence-corrected chi connectivity index (χ2v) is 5.58. The van der Waals surface area contributed by atoms with E-state index in [4.69, 9.17) is 9.47 Å². The minimum Gasteiger partial charge on any atom is -0.485 e. The molecule has 0 aromatic heterocycles. The standard InChI is InChI=1S/C18H19N3O3/c1-21(2)14-9-7-13(8-10-14)11-19-20-18(22)17-12-23-15-5-3-4-6-16(15)24-17/h3-11,17H,12H2,1-2H3,(H,20,22)/b19-11-/t17-/m0/s1. The van der Waals surface area contributed by atoms with Crippen molar-refractivity contribution >= 4 is 17.8 Å². The van der Waals surface area contributed by atoms with Gasteiger partial charge in [-0.25, -0.2) is 5.43 Å². The minimum absolute atomic E-state index is 0.163. The van der Waals surface area contributed by atoms with Crippen LogP contribution >= 0.6 is 0 Å². The van der Waals surface area contributed by atoms with Crippen molar-refractivity contribution in [3.8, 4) is 11.5 Å². The third kappa shape index (κ3) is 3.65. The number of benzene rings is 2. The Hall–Kier alpha value is -3.02. The minimum atomic E-state index is -0.715. The first-order valence-corrected chi connectivity index (χ1v) is 7.62. The van der Waals surface area contributed by atoms with Gasteiger partial charge in [0, 0.05) is 19.8 Å². The Labute approximate surface area is 140 Å². The van der Waals surface area contributed by atoms with Crippen LogP contribution in [0.25, 0.3) is 0 Å². The molecule has 2 aromatic rings. The van der Waals surface area contributed by atoms with Crippen molar-refractivity contribution in [3.63, 3.8) is 0 Å². The molecule has 6 heteroatoms. The molecule has 1 N–H and O–H groups in total. The molecule has 1 aliphatic rings. The number of nitrogens with one attached hydrogen (secondary N) is 1. The van der Waals surface area contributed by atoms with Crippen LogP contribution in [0.3, 0.4) is 0 Å². The largest absolute Gasteiger partial charge is 0.485 e. The van der Waals surface area contributed by atoms with E-state index < -0.39 is 6.10 Å². The molecule has 0 saturated carbocycles. The molecule has 0 radical (unpaired) electrons. The Morgan fingerprint density at radius 3 is 2.58 bits per heavy atom. The number of para-hydroxylation sites is 2. The number of fused-ring (bicyclic) bond motifs is 1. The van der Waals surface area contributed by atoms with E-state index >= 15 is 0 Å².